The maximum absolute atomic E-state index is 13.7. The Bertz CT molecular complexity index is 845. The van der Waals surface area contributed by atoms with Crippen LogP contribution in [0.3, 0.4) is 0 Å². The predicted molar refractivity (Wildman–Crippen MR) is 89.5 cm³/mol. The van der Waals surface area contributed by atoms with Gasteiger partial charge in [0.15, 0.2) is 0 Å². The minimum Gasteiger partial charge on any atom is -0.278 e. The van der Waals surface area contributed by atoms with Gasteiger partial charge in [0.05, 0.1) is 11.7 Å². The smallest absolute Gasteiger partial charge is 0.278 e. The van der Waals surface area contributed by atoms with E-state index in [4.69, 9.17) is 0 Å². The van der Waals surface area contributed by atoms with Crippen molar-refractivity contribution in [3.8, 4) is 0 Å². The molecule has 0 spiro atoms. The van der Waals surface area contributed by atoms with E-state index in [1.165, 1.54) is 16.4 Å². The van der Waals surface area contributed by atoms with Crippen LogP contribution in [0.1, 0.15) is 18.5 Å². The minimum absolute atomic E-state index is 0.00543. The second kappa shape index (κ2) is 7.05. The summed E-state index contributed by atoms with van der Waals surface area (Å²) in [5.41, 5.74) is 0.761. The van der Waals surface area contributed by atoms with Crippen molar-refractivity contribution >= 4 is 22.9 Å². The highest BCUT2D eigenvalue weighted by Crippen LogP contribution is 2.42. The number of benzene rings is 2. The zero-order valence-corrected chi connectivity index (χ0v) is 14.0. The minimum atomic E-state index is -4.49. The van der Waals surface area contributed by atoms with Crippen LogP contribution in [-0.2, 0) is 0 Å². The van der Waals surface area contributed by atoms with Crippen LogP contribution in [0, 0.1) is 5.82 Å². The maximum atomic E-state index is 13.7. The summed E-state index contributed by atoms with van der Waals surface area (Å²) in [4.78, 5) is 0.662. The number of aromatic amines is 1. The molecule has 1 unspecified atom stereocenters. The third-order valence-corrected chi connectivity index (χ3v) is 4.90. The molecule has 0 aliphatic rings. The lowest BCUT2D eigenvalue weighted by Gasteiger charge is -2.31. The highest BCUT2D eigenvalue weighted by atomic mass is 32.2. The van der Waals surface area contributed by atoms with E-state index in [1.54, 1.807) is 31.3 Å². The van der Waals surface area contributed by atoms with Crippen LogP contribution < -0.4 is 0 Å². The molecule has 1 aromatic heterocycles. The molecule has 1 atom stereocenters. The number of H-pyrrole nitrogens is 1. The number of nitrogens with one attached hydrogen (secondary N) is 1. The van der Waals surface area contributed by atoms with Crippen LogP contribution >= 0.6 is 11.9 Å². The van der Waals surface area contributed by atoms with Crippen molar-refractivity contribution in [3.05, 3.63) is 60.0 Å². The molecular weight excluding hydrogens is 354 g/mol. The van der Waals surface area contributed by atoms with E-state index < -0.39 is 18.0 Å². The molecule has 132 valence electrons. The van der Waals surface area contributed by atoms with Crippen LogP contribution in [0.15, 0.2) is 53.6 Å². The zero-order chi connectivity index (χ0) is 18.0. The molecule has 0 saturated heterocycles. The topological polar surface area (TPSA) is 31.9 Å². The van der Waals surface area contributed by atoms with Crippen molar-refractivity contribution in [2.24, 2.45) is 0 Å². The van der Waals surface area contributed by atoms with E-state index in [-0.39, 0.29) is 12.1 Å². The Labute approximate surface area is 146 Å². The molecule has 0 radical (unpaired) electrons. The van der Waals surface area contributed by atoms with E-state index in [2.05, 4.69) is 10.2 Å². The number of hydrogen-bond acceptors (Lipinski definition) is 3. The van der Waals surface area contributed by atoms with Crippen molar-refractivity contribution in [2.75, 3.05) is 6.54 Å². The SMILES string of the molecule is CCN(Sc1ccc2cn[nH]c2c1)C(c1ccc(F)cc1)C(F)(F)F. The molecule has 3 aromatic rings. The van der Waals surface area contributed by atoms with E-state index in [0.29, 0.717) is 4.90 Å². The van der Waals surface area contributed by atoms with Crippen molar-refractivity contribution in [2.45, 2.75) is 24.0 Å². The van der Waals surface area contributed by atoms with Gasteiger partial charge in [0.1, 0.15) is 11.9 Å². The normalized spacial score (nSPS) is 13.5. The van der Waals surface area contributed by atoms with Gasteiger partial charge in [-0.2, -0.15) is 18.3 Å². The number of halogens is 4. The Morgan fingerprint density at radius 3 is 2.52 bits per heavy atom. The molecule has 2 aromatic carbocycles. The van der Waals surface area contributed by atoms with Crippen LogP contribution in [0.2, 0.25) is 0 Å². The number of rotatable bonds is 5. The summed E-state index contributed by atoms with van der Waals surface area (Å²) in [5.74, 6) is -0.565. The molecule has 8 heteroatoms. The molecule has 1 heterocycles. The van der Waals surface area contributed by atoms with Gasteiger partial charge in [0, 0.05) is 16.8 Å². The molecule has 3 rings (SSSR count). The van der Waals surface area contributed by atoms with Crippen LogP contribution in [0.25, 0.3) is 10.9 Å². The van der Waals surface area contributed by atoms with Gasteiger partial charge in [-0.05, 0) is 41.8 Å². The first kappa shape index (κ1) is 17.8. The van der Waals surface area contributed by atoms with E-state index in [0.717, 1.165) is 35.0 Å². The van der Waals surface area contributed by atoms with Gasteiger partial charge in [-0.25, -0.2) is 8.70 Å². The first-order valence-corrected chi connectivity index (χ1v) is 8.35. The summed E-state index contributed by atoms with van der Waals surface area (Å²) in [6.07, 6.45) is -2.84. The largest absolute Gasteiger partial charge is 0.408 e. The van der Waals surface area contributed by atoms with Gasteiger partial charge in [0.2, 0.25) is 0 Å². The van der Waals surface area contributed by atoms with Crippen LogP contribution in [-0.4, -0.2) is 27.2 Å². The summed E-state index contributed by atoms with van der Waals surface area (Å²) < 4.78 is 55.4. The first-order chi connectivity index (χ1) is 11.9. The Morgan fingerprint density at radius 1 is 1.16 bits per heavy atom. The fourth-order valence-corrected chi connectivity index (χ4v) is 3.62. The average Bonchev–Trinajstić information content (AvgIpc) is 3.02. The first-order valence-electron chi connectivity index (χ1n) is 7.58. The second-order valence-electron chi connectivity index (χ2n) is 5.44. The standard InChI is InChI=1S/C17H15F4N3S/c1-2-24(25-14-8-5-12-10-22-23-15(12)9-14)16(17(19,20)21)11-3-6-13(18)7-4-11/h3-10,16H,2H2,1H3,(H,22,23). The quantitative estimate of drug-likeness (QED) is 0.487. The lowest BCUT2D eigenvalue weighted by Crippen LogP contribution is -2.34. The number of nitrogens with zero attached hydrogens (tertiary/aromatic N) is 2. The monoisotopic (exact) mass is 369 g/mol. The lowest BCUT2D eigenvalue weighted by molar-refractivity contribution is -0.172. The molecule has 0 aliphatic heterocycles. The van der Waals surface area contributed by atoms with Crippen molar-refractivity contribution in [1.82, 2.24) is 14.5 Å². The Kier molecular flexibility index (Phi) is 5.01. The van der Waals surface area contributed by atoms with E-state index in [9.17, 15) is 17.6 Å². The fraction of sp³-hybridized carbons (Fsp3) is 0.235. The van der Waals surface area contributed by atoms with Crippen LogP contribution in [0.5, 0.6) is 0 Å². The third kappa shape index (κ3) is 3.96. The molecule has 0 saturated carbocycles. The lowest BCUT2D eigenvalue weighted by atomic mass is 10.1. The maximum Gasteiger partial charge on any atom is 0.408 e. The number of aromatic nitrogens is 2. The van der Waals surface area contributed by atoms with E-state index in [1.807, 2.05) is 0 Å². The second-order valence-corrected chi connectivity index (χ2v) is 6.56. The van der Waals surface area contributed by atoms with Crippen molar-refractivity contribution in [3.63, 3.8) is 0 Å². The number of hydrogen-bond donors (Lipinski definition) is 1. The van der Waals surface area contributed by atoms with Crippen molar-refractivity contribution in [1.29, 1.82) is 0 Å². The van der Waals surface area contributed by atoms with Gasteiger partial charge < -0.3 is 0 Å². The average molecular weight is 369 g/mol. The summed E-state index contributed by atoms with van der Waals surface area (Å²) in [5, 5.41) is 7.60. The van der Waals surface area contributed by atoms with Crippen molar-refractivity contribution < 1.29 is 17.6 Å². The molecular formula is C17H15F4N3S. The summed E-state index contributed by atoms with van der Waals surface area (Å²) in [7, 11) is 0. The third-order valence-electron chi connectivity index (χ3n) is 3.73. The van der Waals surface area contributed by atoms with Gasteiger partial charge >= 0.3 is 6.18 Å². The molecule has 25 heavy (non-hydrogen) atoms. The number of alkyl halides is 3. The Morgan fingerprint density at radius 2 is 1.88 bits per heavy atom. The Balaban J connectivity index is 1.92. The van der Waals surface area contributed by atoms with Gasteiger partial charge in [0.25, 0.3) is 0 Å². The fourth-order valence-electron chi connectivity index (χ4n) is 2.57. The summed E-state index contributed by atoms with van der Waals surface area (Å²) >= 11 is 1.01. The van der Waals surface area contributed by atoms with Gasteiger partial charge in [-0.15, -0.1) is 0 Å². The molecule has 0 bridgehead atoms. The van der Waals surface area contributed by atoms with E-state index >= 15 is 0 Å². The van der Waals surface area contributed by atoms with Gasteiger partial charge in [-0.3, -0.25) is 5.10 Å². The molecule has 0 amide bonds. The predicted octanol–water partition coefficient (Wildman–Crippen LogP) is 5.33. The van der Waals surface area contributed by atoms with Crippen LogP contribution in [0.4, 0.5) is 17.6 Å². The summed E-state index contributed by atoms with van der Waals surface area (Å²) in [6, 6.07) is 7.92. The molecule has 0 fully saturated rings. The Hall–Kier alpha value is -2.06. The highest BCUT2D eigenvalue weighted by Gasteiger charge is 2.44. The van der Waals surface area contributed by atoms with Gasteiger partial charge in [-0.1, -0.05) is 25.1 Å². The molecule has 0 aliphatic carbocycles. The molecule has 1 N–H and O–H groups in total. The number of fused-ring (bicyclic) bond motifs is 1. The zero-order valence-electron chi connectivity index (χ0n) is 13.2. The molecule has 3 nitrogen and oxygen atoms in total. The highest BCUT2D eigenvalue weighted by molar-refractivity contribution is 7.97. The summed E-state index contributed by atoms with van der Waals surface area (Å²) in [6.45, 7) is 1.82.